The molecule has 0 saturated carbocycles. The number of carbonyl (C=O) groups is 1. The van der Waals surface area contributed by atoms with E-state index in [1.807, 2.05) is 36.4 Å². The first-order valence-electron chi connectivity index (χ1n) is 8.75. The summed E-state index contributed by atoms with van der Waals surface area (Å²) in [5.74, 6) is 0.236. The van der Waals surface area contributed by atoms with Gasteiger partial charge in [-0.15, -0.1) is 0 Å². The van der Waals surface area contributed by atoms with Gasteiger partial charge in [0.15, 0.2) is 0 Å². The maximum Gasteiger partial charge on any atom is 0.277 e. The van der Waals surface area contributed by atoms with E-state index in [1.54, 1.807) is 6.07 Å². The van der Waals surface area contributed by atoms with Gasteiger partial charge in [-0.2, -0.15) is 0 Å². The fourth-order valence-electron chi connectivity index (χ4n) is 2.49. The van der Waals surface area contributed by atoms with Crippen molar-refractivity contribution in [3.63, 3.8) is 0 Å². The van der Waals surface area contributed by atoms with E-state index in [9.17, 15) is 4.79 Å². The quantitative estimate of drug-likeness (QED) is 0.442. The molecule has 3 aromatic rings. The predicted octanol–water partition coefficient (Wildman–Crippen LogP) is 3.06. The molecule has 1 amide bonds. The number of halogens is 2. The first-order chi connectivity index (χ1) is 14.0. The summed E-state index contributed by atoms with van der Waals surface area (Å²) in [6.07, 6.45) is 0. The van der Waals surface area contributed by atoms with E-state index in [2.05, 4.69) is 25.6 Å². The minimum absolute atomic E-state index is 0.0299. The summed E-state index contributed by atoms with van der Waals surface area (Å²) in [5.41, 5.74) is 7.36. The average molecular weight is 436 g/mol. The van der Waals surface area contributed by atoms with Crippen molar-refractivity contribution in [1.82, 2.24) is 20.9 Å². The summed E-state index contributed by atoms with van der Waals surface area (Å²) in [7, 11) is 0. The Bertz CT molecular complexity index is 963. The van der Waals surface area contributed by atoms with Crippen LogP contribution in [-0.2, 0) is 13.2 Å². The predicted molar refractivity (Wildman–Crippen MR) is 110 cm³/mol. The van der Waals surface area contributed by atoms with Gasteiger partial charge >= 0.3 is 0 Å². The second-order valence-corrected chi connectivity index (χ2v) is 6.97. The number of hydrogen-bond acceptors (Lipinski definition) is 7. The Labute approximate surface area is 177 Å². The van der Waals surface area contributed by atoms with Gasteiger partial charge in [-0.3, -0.25) is 4.79 Å². The van der Waals surface area contributed by atoms with Gasteiger partial charge in [0.2, 0.25) is 11.5 Å². The third-order valence-corrected chi connectivity index (χ3v) is 4.45. The number of nitrogens with two attached hydrogens (primary N) is 1. The van der Waals surface area contributed by atoms with Gasteiger partial charge in [-0.1, -0.05) is 35.3 Å². The van der Waals surface area contributed by atoms with Crippen molar-refractivity contribution in [2.24, 2.45) is 0 Å². The smallest absolute Gasteiger partial charge is 0.277 e. The second-order valence-electron chi connectivity index (χ2n) is 6.10. The summed E-state index contributed by atoms with van der Waals surface area (Å²) in [5, 5.41) is 14.0. The zero-order valence-electron chi connectivity index (χ0n) is 15.3. The summed E-state index contributed by atoms with van der Waals surface area (Å²) < 4.78 is 10.3. The van der Waals surface area contributed by atoms with Crippen molar-refractivity contribution >= 4 is 34.9 Å². The Balaban J connectivity index is 1.48. The highest BCUT2D eigenvalue weighted by Gasteiger charge is 2.15. The Kier molecular flexibility index (Phi) is 7.29. The Hall–Kier alpha value is -2.81. The highest BCUT2D eigenvalue weighted by atomic mass is 35.5. The minimum atomic E-state index is -0.444. The molecule has 10 heteroatoms. The monoisotopic (exact) mass is 435 g/mol. The molecule has 4 N–H and O–H groups in total. The molecule has 0 unspecified atom stereocenters. The fourth-order valence-corrected chi connectivity index (χ4v) is 2.81. The molecule has 0 aliphatic rings. The topological polar surface area (TPSA) is 115 Å². The highest BCUT2D eigenvalue weighted by molar-refractivity contribution is 6.30. The summed E-state index contributed by atoms with van der Waals surface area (Å²) in [4.78, 5) is 11.9. The maximum absolute atomic E-state index is 11.9. The van der Waals surface area contributed by atoms with Crippen LogP contribution in [0.5, 0.6) is 5.75 Å². The average Bonchev–Trinajstić information content (AvgIpc) is 3.14. The van der Waals surface area contributed by atoms with Gasteiger partial charge in [0, 0.05) is 35.2 Å². The van der Waals surface area contributed by atoms with Crippen LogP contribution >= 0.6 is 23.2 Å². The SMILES string of the molecule is Nc1nonc1C(=O)NCCNCc1cc(Cl)ccc1OCc1ccc(Cl)cc1. The Morgan fingerprint density at radius 1 is 1.07 bits per heavy atom. The lowest BCUT2D eigenvalue weighted by atomic mass is 10.2. The van der Waals surface area contributed by atoms with Gasteiger partial charge < -0.3 is 21.1 Å². The molecule has 0 radical (unpaired) electrons. The molecule has 152 valence electrons. The van der Waals surface area contributed by atoms with Crippen LogP contribution in [0.25, 0.3) is 0 Å². The van der Waals surface area contributed by atoms with Crippen LogP contribution in [0.4, 0.5) is 5.82 Å². The van der Waals surface area contributed by atoms with E-state index >= 15 is 0 Å². The van der Waals surface area contributed by atoms with E-state index in [4.69, 9.17) is 33.7 Å². The first-order valence-corrected chi connectivity index (χ1v) is 9.51. The van der Waals surface area contributed by atoms with E-state index in [0.717, 1.165) is 16.9 Å². The lowest BCUT2D eigenvalue weighted by Gasteiger charge is -2.13. The number of carbonyl (C=O) groups excluding carboxylic acids is 1. The minimum Gasteiger partial charge on any atom is -0.489 e. The lowest BCUT2D eigenvalue weighted by Crippen LogP contribution is -2.32. The van der Waals surface area contributed by atoms with Crippen molar-refractivity contribution < 1.29 is 14.2 Å². The summed E-state index contributed by atoms with van der Waals surface area (Å²) >= 11 is 12.0. The molecule has 0 aliphatic carbocycles. The molecule has 0 aliphatic heterocycles. The van der Waals surface area contributed by atoms with Crippen LogP contribution in [-0.4, -0.2) is 29.3 Å². The van der Waals surface area contributed by atoms with Crippen LogP contribution in [0.1, 0.15) is 21.6 Å². The number of nitrogens with one attached hydrogen (secondary N) is 2. The number of ether oxygens (including phenoxy) is 1. The molecule has 1 heterocycles. The van der Waals surface area contributed by atoms with Crippen molar-refractivity contribution in [2.45, 2.75) is 13.2 Å². The molecular weight excluding hydrogens is 417 g/mol. The number of anilines is 1. The molecule has 0 bridgehead atoms. The number of amides is 1. The lowest BCUT2D eigenvalue weighted by molar-refractivity contribution is 0.0944. The summed E-state index contributed by atoms with van der Waals surface area (Å²) in [6.45, 7) is 1.81. The van der Waals surface area contributed by atoms with Gasteiger partial charge in [0.25, 0.3) is 5.91 Å². The highest BCUT2D eigenvalue weighted by Crippen LogP contribution is 2.24. The number of aromatic nitrogens is 2. The standard InChI is InChI=1S/C19H19Cl2N5O3/c20-14-3-1-12(2-4-14)11-28-16-6-5-15(21)9-13(16)10-23-7-8-24-19(27)17-18(22)26-29-25-17/h1-6,9,23H,7-8,10-11H2,(H2,22,26)(H,24,27). The van der Waals surface area contributed by atoms with Gasteiger partial charge in [0.1, 0.15) is 12.4 Å². The maximum atomic E-state index is 11.9. The Morgan fingerprint density at radius 2 is 1.83 bits per heavy atom. The normalized spacial score (nSPS) is 10.7. The van der Waals surface area contributed by atoms with Crippen LogP contribution in [0.3, 0.4) is 0 Å². The van der Waals surface area contributed by atoms with E-state index in [1.165, 1.54) is 0 Å². The molecule has 0 atom stereocenters. The van der Waals surface area contributed by atoms with E-state index in [-0.39, 0.29) is 11.5 Å². The van der Waals surface area contributed by atoms with Crippen molar-refractivity contribution in [3.05, 3.63) is 69.3 Å². The third kappa shape index (κ3) is 6.08. The van der Waals surface area contributed by atoms with Gasteiger partial charge in [-0.05, 0) is 46.2 Å². The van der Waals surface area contributed by atoms with E-state index in [0.29, 0.717) is 36.3 Å². The largest absolute Gasteiger partial charge is 0.489 e. The molecule has 0 fully saturated rings. The number of nitrogen functional groups attached to an aromatic ring is 1. The van der Waals surface area contributed by atoms with Crippen LogP contribution in [0, 0.1) is 0 Å². The van der Waals surface area contributed by atoms with Crippen molar-refractivity contribution in [2.75, 3.05) is 18.8 Å². The number of benzene rings is 2. The Morgan fingerprint density at radius 3 is 2.55 bits per heavy atom. The first kappa shape index (κ1) is 20.9. The number of hydrogen-bond donors (Lipinski definition) is 3. The molecule has 1 aromatic heterocycles. The van der Waals surface area contributed by atoms with Crippen molar-refractivity contribution in [3.8, 4) is 5.75 Å². The number of nitrogens with zero attached hydrogens (tertiary/aromatic N) is 2. The van der Waals surface area contributed by atoms with Gasteiger partial charge in [0.05, 0.1) is 0 Å². The van der Waals surface area contributed by atoms with Crippen LogP contribution < -0.4 is 21.1 Å². The molecule has 8 nitrogen and oxygen atoms in total. The zero-order chi connectivity index (χ0) is 20.6. The summed E-state index contributed by atoms with van der Waals surface area (Å²) in [6, 6.07) is 12.9. The molecule has 0 spiro atoms. The molecule has 29 heavy (non-hydrogen) atoms. The zero-order valence-corrected chi connectivity index (χ0v) is 16.8. The van der Waals surface area contributed by atoms with Crippen LogP contribution in [0.2, 0.25) is 10.0 Å². The second kappa shape index (κ2) is 10.1. The molecule has 2 aromatic carbocycles. The van der Waals surface area contributed by atoms with E-state index < -0.39 is 5.91 Å². The third-order valence-electron chi connectivity index (χ3n) is 3.96. The van der Waals surface area contributed by atoms with Crippen LogP contribution in [0.15, 0.2) is 47.1 Å². The molecular formula is C19H19Cl2N5O3. The molecule has 0 saturated heterocycles. The fraction of sp³-hybridized carbons (Fsp3) is 0.211. The molecule has 3 rings (SSSR count). The van der Waals surface area contributed by atoms with Gasteiger partial charge in [-0.25, -0.2) is 4.63 Å². The van der Waals surface area contributed by atoms with Crippen molar-refractivity contribution in [1.29, 1.82) is 0 Å². The number of rotatable bonds is 9.